The topological polar surface area (TPSA) is 43.4 Å². The van der Waals surface area contributed by atoms with Crippen molar-refractivity contribution in [1.29, 1.82) is 0 Å². The molecular weight excluding hydrogens is 168 g/mol. The highest BCUT2D eigenvalue weighted by Crippen LogP contribution is 2.24. The summed E-state index contributed by atoms with van der Waals surface area (Å²) in [5.41, 5.74) is 0. The third kappa shape index (κ3) is 1.80. The van der Waals surface area contributed by atoms with Gasteiger partial charge in [0.15, 0.2) is 11.6 Å². The predicted molar refractivity (Wildman–Crippen MR) is 46.4 cm³/mol. The minimum atomic E-state index is -0.271. The second-order valence-electron chi connectivity index (χ2n) is 3.83. The molecule has 0 N–H and O–H groups in total. The second-order valence-corrected chi connectivity index (χ2v) is 3.83. The molecule has 3 nitrogen and oxygen atoms in total. The van der Waals surface area contributed by atoms with E-state index in [-0.39, 0.29) is 23.8 Å². The summed E-state index contributed by atoms with van der Waals surface area (Å²) < 4.78 is 5.50. The molecule has 0 heterocycles. The molecule has 0 aliphatic heterocycles. The Morgan fingerprint density at radius 2 is 1.38 bits per heavy atom. The van der Waals surface area contributed by atoms with Crippen molar-refractivity contribution in [3.05, 3.63) is 0 Å². The van der Waals surface area contributed by atoms with Crippen LogP contribution in [0.3, 0.4) is 0 Å². The summed E-state index contributed by atoms with van der Waals surface area (Å²) in [5, 5.41) is 0. The van der Waals surface area contributed by atoms with Gasteiger partial charge in [0.25, 0.3) is 0 Å². The lowest BCUT2D eigenvalue weighted by atomic mass is 10.2. The van der Waals surface area contributed by atoms with Crippen LogP contribution in [0.15, 0.2) is 0 Å². The zero-order chi connectivity index (χ0) is 9.26. The molecule has 3 heteroatoms. The Hall–Kier alpha value is -0.700. The number of carbonyl (C=O) groups excluding carboxylic acids is 2. The summed E-state index contributed by atoms with van der Waals surface area (Å²) in [7, 11) is 0. The Morgan fingerprint density at radius 3 is 1.69 bits per heavy atom. The monoisotopic (exact) mass is 182 g/mol. The molecule has 0 radical (unpaired) electrons. The fourth-order valence-electron chi connectivity index (χ4n) is 2.05. The summed E-state index contributed by atoms with van der Waals surface area (Å²) in [6, 6.07) is 0. The van der Waals surface area contributed by atoms with Crippen LogP contribution in [-0.4, -0.2) is 23.8 Å². The highest BCUT2D eigenvalue weighted by molar-refractivity contribution is 5.87. The van der Waals surface area contributed by atoms with E-state index in [1.165, 1.54) is 0 Å². The first kappa shape index (κ1) is 8.88. The quantitative estimate of drug-likeness (QED) is 0.645. The second kappa shape index (κ2) is 3.58. The fourth-order valence-corrected chi connectivity index (χ4v) is 2.05. The van der Waals surface area contributed by atoms with Crippen molar-refractivity contribution < 1.29 is 14.3 Å². The number of rotatable bonds is 2. The van der Waals surface area contributed by atoms with E-state index in [2.05, 4.69) is 0 Å². The molecule has 0 aromatic rings. The van der Waals surface area contributed by atoms with Crippen LogP contribution < -0.4 is 0 Å². The lowest BCUT2D eigenvalue weighted by Gasteiger charge is -2.14. The van der Waals surface area contributed by atoms with Crippen molar-refractivity contribution in [3.8, 4) is 0 Å². The van der Waals surface area contributed by atoms with Gasteiger partial charge in [-0.2, -0.15) is 0 Å². The van der Waals surface area contributed by atoms with Crippen molar-refractivity contribution in [1.82, 2.24) is 0 Å². The first-order chi connectivity index (χ1) is 6.27. The highest BCUT2D eigenvalue weighted by atomic mass is 16.5. The molecule has 0 saturated heterocycles. The summed E-state index contributed by atoms with van der Waals surface area (Å²) in [6.07, 6.45) is 4.18. The minimum Gasteiger partial charge on any atom is -0.359 e. The van der Waals surface area contributed by atoms with E-state index in [1.54, 1.807) is 0 Å². The molecule has 0 bridgehead atoms. The number of ether oxygens (including phenoxy) is 1. The zero-order valence-electron chi connectivity index (χ0n) is 7.62. The van der Waals surface area contributed by atoms with Crippen molar-refractivity contribution in [2.45, 2.75) is 50.7 Å². The molecule has 0 aromatic carbocycles. The van der Waals surface area contributed by atoms with E-state index in [1.807, 2.05) is 0 Å². The van der Waals surface area contributed by atoms with Crippen molar-refractivity contribution >= 4 is 11.6 Å². The molecule has 2 aliphatic carbocycles. The number of hydrogen-bond donors (Lipinski definition) is 0. The summed E-state index contributed by atoms with van der Waals surface area (Å²) in [6.45, 7) is 0. The van der Waals surface area contributed by atoms with Gasteiger partial charge in [-0.1, -0.05) is 0 Å². The Morgan fingerprint density at radius 1 is 0.923 bits per heavy atom. The molecule has 2 fully saturated rings. The third-order valence-corrected chi connectivity index (χ3v) is 2.83. The Kier molecular flexibility index (Phi) is 2.44. The average molecular weight is 182 g/mol. The maximum absolute atomic E-state index is 11.2. The van der Waals surface area contributed by atoms with Gasteiger partial charge in [0, 0.05) is 12.8 Å². The molecule has 2 saturated carbocycles. The lowest BCUT2D eigenvalue weighted by Crippen LogP contribution is -2.27. The maximum Gasteiger partial charge on any atom is 0.161 e. The standard InChI is InChI=1S/C10H14O3/c11-7-3-1-5-9(7)13-10-6-2-4-8(10)12/h9-10H,1-6H2. The Balaban J connectivity index is 1.89. The first-order valence-corrected chi connectivity index (χ1v) is 4.98. The third-order valence-electron chi connectivity index (χ3n) is 2.83. The van der Waals surface area contributed by atoms with E-state index in [4.69, 9.17) is 4.74 Å². The Bertz CT molecular complexity index is 210. The highest BCUT2D eigenvalue weighted by Gasteiger charge is 2.32. The maximum atomic E-state index is 11.2. The fraction of sp³-hybridized carbons (Fsp3) is 0.800. The van der Waals surface area contributed by atoms with Gasteiger partial charge in [0.1, 0.15) is 12.2 Å². The SMILES string of the molecule is O=C1CCCC1OC1CCCC1=O. The van der Waals surface area contributed by atoms with Crippen molar-refractivity contribution in [3.63, 3.8) is 0 Å². The zero-order valence-corrected chi connectivity index (χ0v) is 7.62. The van der Waals surface area contributed by atoms with Gasteiger partial charge in [0.05, 0.1) is 0 Å². The van der Waals surface area contributed by atoms with Gasteiger partial charge < -0.3 is 4.74 Å². The smallest absolute Gasteiger partial charge is 0.161 e. The molecule has 0 aromatic heterocycles. The Labute approximate surface area is 77.4 Å². The summed E-state index contributed by atoms with van der Waals surface area (Å²) in [5.74, 6) is 0.361. The average Bonchev–Trinajstić information content (AvgIpc) is 2.65. The molecule has 2 atom stereocenters. The van der Waals surface area contributed by atoms with Gasteiger partial charge in [-0.15, -0.1) is 0 Å². The van der Waals surface area contributed by atoms with E-state index in [0.717, 1.165) is 25.7 Å². The summed E-state index contributed by atoms with van der Waals surface area (Å²) >= 11 is 0. The van der Waals surface area contributed by atoms with Crippen LogP contribution in [0.25, 0.3) is 0 Å². The van der Waals surface area contributed by atoms with Crippen LogP contribution >= 0.6 is 0 Å². The minimum absolute atomic E-state index is 0.180. The summed E-state index contributed by atoms with van der Waals surface area (Å²) in [4.78, 5) is 22.5. The largest absolute Gasteiger partial charge is 0.359 e. The molecule has 2 rings (SSSR count). The van der Waals surface area contributed by atoms with Gasteiger partial charge in [-0.3, -0.25) is 9.59 Å². The lowest BCUT2D eigenvalue weighted by molar-refractivity contribution is -0.138. The van der Waals surface area contributed by atoms with Crippen LogP contribution in [0.4, 0.5) is 0 Å². The van der Waals surface area contributed by atoms with Gasteiger partial charge in [0.2, 0.25) is 0 Å². The molecule has 2 aliphatic rings. The number of Topliss-reactive ketones (excluding diaryl/α,β-unsaturated/α-hetero) is 2. The number of hydrogen-bond acceptors (Lipinski definition) is 3. The van der Waals surface area contributed by atoms with Crippen LogP contribution in [0.5, 0.6) is 0 Å². The van der Waals surface area contributed by atoms with Gasteiger partial charge in [-0.05, 0) is 25.7 Å². The number of carbonyl (C=O) groups is 2. The number of ketones is 2. The normalized spacial score (nSPS) is 34.5. The first-order valence-electron chi connectivity index (χ1n) is 4.98. The van der Waals surface area contributed by atoms with E-state index < -0.39 is 0 Å². The van der Waals surface area contributed by atoms with Crippen LogP contribution in [0, 0.1) is 0 Å². The van der Waals surface area contributed by atoms with E-state index in [0.29, 0.717) is 12.8 Å². The van der Waals surface area contributed by atoms with Gasteiger partial charge in [-0.25, -0.2) is 0 Å². The van der Waals surface area contributed by atoms with E-state index >= 15 is 0 Å². The van der Waals surface area contributed by atoms with Crippen LogP contribution in [0.1, 0.15) is 38.5 Å². The molecule has 2 unspecified atom stereocenters. The van der Waals surface area contributed by atoms with Crippen LogP contribution in [0.2, 0.25) is 0 Å². The molecule has 0 amide bonds. The molecular formula is C10H14O3. The predicted octanol–water partition coefficient (Wildman–Crippen LogP) is 1.25. The van der Waals surface area contributed by atoms with Crippen molar-refractivity contribution in [2.75, 3.05) is 0 Å². The van der Waals surface area contributed by atoms with Crippen LogP contribution in [-0.2, 0) is 14.3 Å². The molecule has 72 valence electrons. The van der Waals surface area contributed by atoms with Gasteiger partial charge >= 0.3 is 0 Å². The molecule has 13 heavy (non-hydrogen) atoms. The molecule has 0 spiro atoms. The van der Waals surface area contributed by atoms with Crippen molar-refractivity contribution in [2.24, 2.45) is 0 Å². The van der Waals surface area contributed by atoms with E-state index in [9.17, 15) is 9.59 Å².